The monoisotopic (exact) mass is 327 g/mol. The third kappa shape index (κ3) is 4.91. The van der Waals surface area contributed by atoms with Crippen molar-refractivity contribution in [2.45, 2.75) is 44.3 Å². The van der Waals surface area contributed by atoms with Crippen molar-refractivity contribution in [2.75, 3.05) is 0 Å². The molecule has 1 aromatic carbocycles. The SMILES string of the molecule is O=C(NC(CC1CCCC1(F)F)C(=O)O)OCc1ccccc1. The van der Waals surface area contributed by atoms with Crippen LogP contribution in [-0.4, -0.2) is 29.1 Å². The summed E-state index contributed by atoms with van der Waals surface area (Å²) in [4.78, 5) is 22.9. The second-order valence-electron chi connectivity index (χ2n) is 5.68. The van der Waals surface area contributed by atoms with Gasteiger partial charge in [-0.3, -0.25) is 0 Å². The Balaban J connectivity index is 1.86. The fraction of sp³-hybridized carbons (Fsp3) is 0.500. The number of nitrogens with one attached hydrogen (secondary N) is 1. The first kappa shape index (κ1) is 17.2. The third-order valence-corrected chi connectivity index (χ3v) is 3.98. The zero-order valence-electron chi connectivity index (χ0n) is 12.5. The molecule has 1 aromatic rings. The highest BCUT2D eigenvalue weighted by atomic mass is 19.3. The molecule has 0 radical (unpaired) electrons. The normalized spacial score (nSPS) is 20.7. The standard InChI is InChI=1S/C16H19F2NO4/c17-16(18)8-4-7-12(16)9-13(14(20)21)19-15(22)23-10-11-5-2-1-3-6-11/h1-3,5-6,12-13H,4,7-10H2,(H,19,22)(H,20,21). The highest BCUT2D eigenvalue weighted by Gasteiger charge is 2.45. The Morgan fingerprint density at radius 3 is 2.61 bits per heavy atom. The van der Waals surface area contributed by atoms with Crippen LogP contribution in [0.3, 0.4) is 0 Å². The number of alkyl carbamates (subject to hydrolysis) is 1. The first-order valence-electron chi connectivity index (χ1n) is 7.46. The minimum Gasteiger partial charge on any atom is -0.480 e. The number of amides is 1. The van der Waals surface area contributed by atoms with Crippen molar-refractivity contribution in [2.24, 2.45) is 5.92 Å². The summed E-state index contributed by atoms with van der Waals surface area (Å²) < 4.78 is 32.1. The number of carboxylic acid groups (broad SMARTS) is 1. The molecule has 7 heteroatoms. The number of carbonyl (C=O) groups excluding carboxylic acids is 1. The Bertz CT molecular complexity index is 550. The van der Waals surface area contributed by atoms with Gasteiger partial charge in [0.05, 0.1) is 0 Å². The van der Waals surface area contributed by atoms with E-state index in [2.05, 4.69) is 5.32 Å². The lowest BCUT2D eigenvalue weighted by atomic mass is 9.96. The molecule has 126 valence electrons. The molecule has 0 aliphatic heterocycles. The molecule has 5 nitrogen and oxygen atoms in total. The predicted molar refractivity (Wildman–Crippen MR) is 78.1 cm³/mol. The molecule has 2 atom stereocenters. The van der Waals surface area contributed by atoms with Crippen molar-refractivity contribution in [3.63, 3.8) is 0 Å². The van der Waals surface area contributed by atoms with Crippen LogP contribution >= 0.6 is 0 Å². The Labute approximate surface area is 132 Å². The predicted octanol–water partition coefficient (Wildman–Crippen LogP) is 3.19. The van der Waals surface area contributed by atoms with Gasteiger partial charge in [-0.15, -0.1) is 0 Å². The largest absolute Gasteiger partial charge is 0.480 e. The van der Waals surface area contributed by atoms with Crippen molar-refractivity contribution in [3.05, 3.63) is 35.9 Å². The quantitative estimate of drug-likeness (QED) is 0.841. The van der Waals surface area contributed by atoms with Gasteiger partial charge in [0.2, 0.25) is 0 Å². The van der Waals surface area contributed by atoms with Gasteiger partial charge in [0.15, 0.2) is 0 Å². The summed E-state index contributed by atoms with van der Waals surface area (Å²) in [6.07, 6.45) is -0.840. The molecule has 1 saturated carbocycles. The van der Waals surface area contributed by atoms with Crippen LogP contribution in [0.4, 0.5) is 13.6 Å². The number of carboxylic acids is 1. The van der Waals surface area contributed by atoms with E-state index in [4.69, 9.17) is 9.84 Å². The maximum Gasteiger partial charge on any atom is 0.408 e. The first-order chi connectivity index (χ1) is 10.9. The van der Waals surface area contributed by atoms with E-state index >= 15 is 0 Å². The van der Waals surface area contributed by atoms with Crippen LogP contribution < -0.4 is 5.32 Å². The average molecular weight is 327 g/mol. The molecule has 1 fully saturated rings. The second-order valence-corrected chi connectivity index (χ2v) is 5.68. The first-order valence-corrected chi connectivity index (χ1v) is 7.46. The average Bonchev–Trinajstić information content (AvgIpc) is 2.84. The van der Waals surface area contributed by atoms with E-state index in [9.17, 15) is 18.4 Å². The lowest BCUT2D eigenvalue weighted by Gasteiger charge is -2.23. The summed E-state index contributed by atoms with van der Waals surface area (Å²) in [5.74, 6) is -5.24. The Morgan fingerprint density at radius 1 is 1.35 bits per heavy atom. The second kappa shape index (κ2) is 7.39. The molecule has 23 heavy (non-hydrogen) atoms. The van der Waals surface area contributed by atoms with E-state index in [1.165, 1.54) is 0 Å². The summed E-state index contributed by atoms with van der Waals surface area (Å²) in [6, 6.07) is 7.48. The van der Waals surface area contributed by atoms with Gasteiger partial charge in [0, 0.05) is 12.3 Å². The van der Waals surface area contributed by atoms with Crippen molar-refractivity contribution < 1.29 is 28.2 Å². The summed E-state index contributed by atoms with van der Waals surface area (Å²) in [6.45, 7) is -0.0153. The lowest BCUT2D eigenvalue weighted by Crippen LogP contribution is -2.43. The number of rotatable bonds is 6. The van der Waals surface area contributed by atoms with E-state index < -0.39 is 29.9 Å². The zero-order chi connectivity index (χ0) is 16.9. The molecule has 0 heterocycles. The van der Waals surface area contributed by atoms with E-state index in [-0.39, 0.29) is 25.9 Å². The molecule has 2 N–H and O–H groups in total. The van der Waals surface area contributed by atoms with Gasteiger partial charge in [0.25, 0.3) is 5.92 Å². The molecular weight excluding hydrogens is 308 g/mol. The maximum atomic E-state index is 13.6. The highest BCUT2D eigenvalue weighted by Crippen LogP contribution is 2.42. The molecule has 0 saturated heterocycles. The minimum absolute atomic E-state index is 0.0153. The van der Waals surface area contributed by atoms with Gasteiger partial charge < -0.3 is 15.2 Å². The molecule has 2 unspecified atom stereocenters. The van der Waals surface area contributed by atoms with E-state index in [1.54, 1.807) is 24.3 Å². The number of carbonyl (C=O) groups is 2. The van der Waals surface area contributed by atoms with Crippen LogP contribution in [0, 0.1) is 5.92 Å². The smallest absolute Gasteiger partial charge is 0.408 e. The lowest BCUT2D eigenvalue weighted by molar-refractivity contribution is -0.140. The van der Waals surface area contributed by atoms with E-state index in [1.807, 2.05) is 6.07 Å². The Hall–Kier alpha value is -2.18. The molecular formula is C16H19F2NO4. The summed E-state index contributed by atoms with van der Waals surface area (Å²) >= 11 is 0. The van der Waals surface area contributed by atoms with Crippen LogP contribution in [0.1, 0.15) is 31.2 Å². The summed E-state index contributed by atoms with van der Waals surface area (Å²) in [7, 11) is 0. The van der Waals surface area contributed by atoms with Crippen molar-refractivity contribution >= 4 is 12.1 Å². The Morgan fingerprint density at radius 2 is 2.04 bits per heavy atom. The highest BCUT2D eigenvalue weighted by molar-refractivity contribution is 5.79. The van der Waals surface area contributed by atoms with Crippen molar-refractivity contribution in [1.29, 1.82) is 0 Å². The molecule has 1 aliphatic carbocycles. The van der Waals surface area contributed by atoms with Gasteiger partial charge in [-0.25, -0.2) is 18.4 Å². The van der Waals surface area contributed by atoms with Crippen LogP contribution in [0.2, 0.25) is 0 Å². The van der Waals surface area contributed by atoms with Gasteiger partial charge in [-0.05, 0) is 24.8 Å². The van der Waals surface area contributed by atoms with Crippen molar-refractivity contribution in [1.82, 2.24) is 5.32 Å². The third-order valence-electron chi connectivity index (χ3n) is 3.98. The topological polar surface area (TPSA) is 75.6 Å². The molecule has 0 bridgehead atoms. The van der Waals surface area contributed by atoms with E-state index in [0.717, 1.165) is 5.56 Å². The van der Waals surface area contributed by atoms with Gasteiger partial charge in [-0.2, -0.15) is 0 Å². The van der Waals surface area contributed by atoms with Crippen LogP contribution in [0.15, 0.2) is 30.3 Å². The zero-order valence-corrected chi connectivity index (χ0v) is 12.5. The maximum absolute atomic E-state index is 13.6. The number of ether oxygens (including phenoxy) is 1. The van der Waals surface area contributed by atoms with Gasteiger partial charge >= 0.3 is 12.1 Å². The fourth-order valence-corrected chi connectivity index (χ4v) is 2.70. The minimum atomic E-state index is -2.87. The van der Waals surface area contributed by atoms with Gasteiger partial charge in [0.1, 0.15) is 12.6 Å². The van der Waals surface area contributed by atoms with Crippen LogP contribution in [0.5, 0.6) is 0 Å². The van der Waals surface area contributed by atoms with Gasteiger partial charge in [-0.1, -0.05) is 30.3 Å². The van der Waals surface area contributed by atoms with Crippen molar-refractivity contribution in [3.8, 4) is 0 Å². The number of alkyl halides is 2. The van der Waals surface area contributed by atoms with E-state index in [0.29, 0.717) is 6.42 Å². The summed E-state index contributed by atoms with van der Waals surface area (Å²) in [5.41, 5.74) is 0.747. The molecule has 0 aromatic heterocycles. The van der Waals surface area contributed by atoms with Crippen LogP contribution in [0.25, 0.3) is 0 Å². The van der Waals surface area contributed by atoms with Crippen LogP contribution in [-0.2, 0) is 16.1 Å². The fourth-order valence-electron chi connectivity index (χ4n) is 2.70. The number of hydrogen-bond acceptors (Lipinski definition) is 3. The Kier molecular flexibility index (Phi) is 5.52. The molecule has 0 spiro atoms. The molecule has 1 aliphatic rings. The number of halogens is 2. The molecule has 2 rings (SSSR count). The number of hydrogen-bond donors (Lipinski definition) is 2. The number of benzene rings is 1. The number of aliphatic carboxylic acids is 1. The summed E-state index contributed by atoms with van der Waals surface area (Å²) in [5, 5.41) is 11.3. The molecule has 1 amide bonds.